The summed E-state index contributed by atoms with van der Waals surface area (Å²) in [6, 6.07) is 19.9. The van der Waals surface area contributed by atoms with Crippen LogP contribution in [-0.2, 0) is 19.6 Å². The normalized spacial score (nSPS) is 9.56. The van der Waals surface area contributed by atoms with Crippen molar-refractivity contribution in [2.24, 2.45) is 21.6 Å². The molecule has 0 aliphatic rings. The summed E-state index contributed by atoms with van der Waals surface area (Å²) < 4.78 is 21.2. The van der Waals surface area contributed by atoms with Gasteiger partial charge in [-0.05, 0) is 37.3 Å². The number of carbonyl (C=O) groups is 2. The molecule has 0 aliphatic heterocycles. The van der Waals surface area contributed by atoms with E-state index in [4.69, 9.17) is 21.7 Å². The van der Waals surface area contributed by atoms with E-state index in [0.29, 0.717) is 6.41 Å². The summed E-state index contributed by atoms with van der Waals surface area (Å²) in [5, 5.41) is 15.0. The van der Waals surface area contributed by atoms with Crippen molar-refractivity contribution < 1.29 is 23.1 Å². The van der Waals surface area contributed by atoms with E-state index in [0.717, 1.165) is 11.3 Å². The van der Waals surface area contributed by atoms with Crippen molar-refractivity contribution in [1.29, 1.82) is 0 Å². The van der Waals surface area contributed by atoms with Gasteiger partial charge < -0.3 is 21.9 Å². The highest BCUT2D eigenvalue weighted by atomic mass is 32.2. The first-order valence-electron chi connectivity index (χ1n) is 10.8. The molecule has 0 fully saturated rings. The molecule has 0 atom stereocenters. The molecule has 0 unspecified atom stereocenters. The lowest BCUT2D eigenvalue weighted by Crippen LogP contribution is -2.21. The van der Waals surface area contributed by atoms with Gasteiger partial charge >= 0.3 is 5.97 Å². The van der Waals surface area contributed by atoms with Crippen LogP contribution in [0.3, 0.4) is 0 Å². The maximum absolute atomic E-state index is 10.6. The van der Waals surface area contributed by atoms with E-state index in [9.17, 15) is 18.0 Å². The Labute approximate surface area is 215 Å². The fourth-order valence-electron chi connectivity index (χ4n) is 2.35. The number of hydrogen-bond acceptors (Lipinski definition) is 6. The molecule has 36 heavy (non-hydrogen) atoms. The zero-order valence-electron chi connectivity index (χ0n) is 20.4. The maximum atomic E-state index is 10.6. The number of nitrogens with zero attached hydrogens (tertiary/aromatic N) is 1. The first-order chi connectivity index (χ1) is 17.0. The van der Waals surface area contributed by atoms with Gasteiger partial charge in [-0.3, -0.25) is 9.59 Å². The van der Waals surface area contributed by atoms with Crippen molar-refractivity contribution in [1.82, 2.24) is 5.32 Å². The Bertz CT molecular complexity index is 1190. The average Bonchev–Trinajstić information content (AvgIpc) is 3.27. The third-order valence-corrected chi connectivity index (χ3v) is 5.76. The Hall–Kier alpha value is -3.74. The van der Waals surface area contributed by atoms with Crippen LogP contribution in [0.2, 0.25) is 0 Å². The van der Waals surface area contributed by atoms with Crippen LogP contribution >= 0.6 is 11.3 Å². The molecule has 1 aromatic heterocycles. The predicted octanol–water partition coefficient (Wildman–Crippen LogP) is 3.20. The highest BCUT2D eigenvalue weighted by Gasteiger charge is 2.06. The van der Waals surface area contributed by atoms with Crippen molar-refractivity contribution >= 4 is 45.4 Å². The molecule has 0 saturated heterocycles. The van der Waals surface area contributed by atoms with Gasteiger partial charge in [0.15, 0.2) is 5.96 Å². The highest BCUT2D eigenvalue weighted by Crippen LogP contribution is 2.34. The second-order valence-corrected chi connectivity index (χ2v) is 9.39. The number of carbonyl (C=O) groups excluding carboxylic acids is 1. The minimum atomic E-state index is -3.50. The highest BCUT2D eigenvalue weighted by molar-refractivity contribution is 7.89. The first kappa shape index (κ1) is 32.3. The van der Waals surface area contributed by atoms with Gasteiger partial charge in [-0.15, -0.1) is 11.3 Å². The second-order valence-electron chi connectivity index (χ2n) is 6.54. The molecule has 196 valence electrons. The number of rotatable bonds is 7. The van der Waals surface area contributed by atoms with Crippen LogP contribution in [0.25, 0.3) is 10.4 Å². The number of para-hydroxylation sites is 1. The van der Waals surface area contributed by atoms with Crippen molar-refractivity contribution in [3.63, 3.8) is 0 Å². The lowest BCUT2D eigenvalue weighted by atomic mass is 10.1. The lowest BCUT2D eigenvalue weighted by Gasteiger charge is -2.02. The number of nitrogens with one attached hydrogen (secondary N) is 1. The molecule has 0 bridgehead atoms. The number of sulfonamides is 1. The molecule has 1 heterocycles. The van der Waals surface area contributed by atoms with Gasteiger partial charge in [-0.2, -0.15) is 0 Å². The van der Waals surface area contributed by atoms with Crippen molar-refractivity contribution in [2.45, 2.75) is 32.1 Å². The molecule has 10 nitrogen and oxygen atoms in total. The van der Waals surface area contributed by atoms with Gasteiger partial charge in [-0.1, -0.05) is 50.2 Å². The van der Waals surface area contributed by atoms with E-state index in [1.54, 1.807) is 29.5 Å². The fourth-order valence-corrected chi connectivity index (χ4v) is 3.78. The third kappa shape index (κ3) is 13.8. The number of guanidine groups is 1. The lowest BCUT2D eigenvalue weighted by molar-refractivity contribution is -0.136. The number of carboxylic acids is 1. The minimum absolute atomic E-state index is 0.0151. The molecule has 3 aromatic rings. The number of benzene rings is 2. The van der Waals surface area contributed by atoms with E-state index >= 15 is 0 Å². The number of nitrogens with two attached hydrogens (primary N) is 3. The molecule has 0 radical (unpaired) electrons. The Morgan fingerprint density at radius 2 is 1.61 bits per heavy atom. The van der Waals surface area contributed by atoms with Crippen molar-refractivity contribution in [2.75, 3.05) is 6.54 Å². The van der Waals surface area contributed by atoms with Crippen LogP contribution in [0.15, 0.2) is 76.6 Å². The molecule has 1 amide bonds. The molecule has 0 aliphatic carbocycles. The maximum Gasteiger partial charge on any atom is 0.305 e. The number of carboxylic acid groups (broad SMARTS) is 1. The number of aliphatic carboxylic acids is 1. The quantitative estimate of drug-likeness (QED) is 0.133. The van der Waals surface area contributed by atoms with E-state index in [-0.39, 0.29) is 23.8 Å². The molecular weight excluding hydrogens is 502 g/mol. The largest absolute Gasteiger partial charge is 0.481 e. The Morgan fingerprint density at radius 1 is 1.03 bits per heavy atom. The molecule has 0 saturated carbocycles. The van der Waals surface area contributed by atoms with Crippen LogP contribution in [0.4, 0.5) is 5.69 Å². The molecule has 8 N–H and O–H groups in total. The van der Waals surface area contributed by atoms with Crippen molar-refractivity contribution in [3.8, 4) is 10.4 Å². The topological polar surface area (TPSA) is 191 Å². The Morgan fingerprint density at radius 3 is 2.06 bits per heavy atom. The second kappa shape index (κ2) is 17.7. The summed E-state index contributed by atoms with van der Waals surface area (Å²) in [5.74, 6) is -0.819. The molecule has 3 rings (SSSR count). The zero-order valence-corrected chi connectivity index (χ0v) is 22.1. The van der Waals surface area contributed by atoms with Gasteiger partial charge in [0.05, 0.1) is 17.0 Å². The van der Waals surface area contributed by atoms with Gasteiger partial charge in [-0.25, -0.2) is 18.5 Å². The molecule has 12 heteroatoms. The van der Waals surface area contributed by atoms with Gasteiger partial charge in [0, 0.05) is 21.9 Å². The van der Waals surface area contributed by atoms with E-state index in [1.807, 2.05) is 38.1 Å². The van der Waals surface area contributed by atoms with Gasteiger partial charge in [0.25, 0.3) is 0 Å². The molecule has 0 spiro atoms. The standard InChI is InChI=1S/C12H13N3S.C6H7NO2S.C4H7NO3.C2H6/c1-8-6-7-11(16-8)9-4-2-3-5-10(9)15-12(13)14;7-10(8,9)6-4-2-1-3-5-6;6-3-5-2-1-4(7)8;1-2/h2-7H,1H3,(H4,13,14,15);1-5H,(H2,7,8,9);3H,1-2H2,(H,5,6)(H,7,8);1-2H3. The summed E-state index contributed by atoms with van der Waals surface area (Å²) in [4.78, 5) is 25.9. The fraction of sp³-hybridized carbons (Fsp3) is 0.208. The monoisotopic (exact) mass is 535 g/mol. The smallest absolute Gasteiger partial charge is 0.305 e. The van der Waals surface area contributed by atoms with E-state index in [2.05, 4.69) is 29.4 Å². The van der Waals surface area contributed by atoms with Crippen LogP contribution in [0, 0.1) is 6.92 Å². The SMILES string of the molecule is CC.Cc1ccc(-c2ccccc2N=C(N)N)s1.NS(=O)(=O)c1ccccc1.O=CNCCC(=O)O. The van der Waals surface area contributed by atoms with Crippen molar-refractivity contribution in [3.05, 3.63) is 71.6 Å². The number of hydrogen-bond donors (Lipinski definition) is 5. The third-order valence-electron chi connectivity index (χ3n) is 3.80. The number of aryl methyl sites for hydroxylation is 1. The minimum Gasteiger partial charge on any atom is -0.481 e. The summed E-state index contributed by atoms with van der Waals surface area (Å²) in [5.41, 5.74) is 12.7. The van der Waals surface area contributed by atoms with Crippen LogP contribution in [0.1, 0.15) is 25.1 Å². The summed E-state index contributed by atoms with van der Waals surface area (Å²) in [6.45, 7) is 6.29. The summed E-state index contributed by atoms with van der Waals surface area (Å²) in [7, 11) is -3.50. The van der Waals surface area contributed by atoms with Crippen LogP contribution < -0.4 is 21.9 Å². The van der Waals surface area contributed by atoms with E-state index < -0.39 is 16.0 Å². The van der Waals surface area contributed by atoms with Crippen LogP contribution in [0.5, 0.6) is 0 Å². The van der Waals surface area contributed by atoms with Crippen LogP contribution in [-0.4, -0.2) is 38.4 Å². The van der Waals surface area contributed by atoms with E-state index in [1.165, 1.54) is 21.9 Å². The predicted molar refractivity (Wildman–Crippen MR) is 145 cm³/mol. The van der Waals surface area contributed by atoms with Gasteiger partial charge in [0.2, 0.25) is 16.4 Å². The number of amides is 1. The van der Waals surface area contributed by atoms with Gasteiger partial charge in [0.1, 0.15) is 0 Å². The number of aliphatic imine (C=N–C) groups is 1. The Balaban J connectivity index is 0.000000530. The first-order valence-corrected chi connectivity index (χ1v) is 13.1. The zero-order chi connectivity index (χ0) is 27.6. The number of thiophene rings is 1. The number of primary sulfonamides is 1. The Kier molecular flexibility index (Phi) is 15.8. The summed E-state index contributed by atoms with van der Waals surface area (Å²) in [6.07, 6.45) is 0.460. The molecular formula is C24H33N5O5S2. The molecule has 2 aromatic carbocycles. The average molecular weight is 536 g/mol. The summed E-state index contributed by atoms with van der Waals surface area (Å²) >= 11 is 1.73.